The number of esters is 1. The van der Waals surface area contributed by atoms with E-state index < -0.39 is 23.8 Å². The van der Waals surface area contributed by atoms with Crippen molar-refractivity contribution in [3.8, 4) is 11.3 Å². The summed E-state index contributed by atoms with van der Waals surface area (Å²) >= 11 is 0. The molecule has 1 aliphatic rings. The van der Waals surface area contributed by atoms with E-state index in [1.54, 1.807) is 18.2 Å². The van der Waals surface area contributed by atoms with E-state index in [-0.39, 0.29) is 17.6 Å². The van der Waals surface area contributed by atoms with Gasteiger partial charge >= 0.3 is 11.9 Å². The minimum absolute atomic E-state index is 0.0550. The Hall–Kier alpha value is -4.46. The SMILES string of the molecule is COC(=O)c1cc(C)c(C)cc1-c1ccc(/C=C2\CC(=O)N(c3ccc(C(=O)O)cc3)C2=O)o1. The maximum Gasteiger partial charge on any atom is 0.338 e. The number of methoxy groups -OCH3 is 1. The summed E-state index contributed by atoms with van der Waals surface area (Å²) in [4.78, 5) is 49.7. The van der Waals surface area contributed by atoms with E-state index in [0.717, 1.165) is 16.0 Å². The molecule has 1 N–H and O–H groups in total. The third kappa shape index (κ3) is 4.13. The van der Waals surface area contributed by atoms with Crippen molar-refractivity contribution < 1.29 is 33.4 Å². The molecule has 1 saturated heterocycles. The van der Waals surface area contributed by atoms with Gasteiger partial charge < -0.3 is 14.3 Å². The number of hydrogen-bond donors (Lipinski definition) is 1. The Morgan fingerprint density at radius 1 is 1.03 bits per heavy atom. The molecule has 0 unspecified atom stereocenters. The molecule has 2 heterocycles. The molecule has 8 nitrogen and oxygen atoms in total. The highest BCUT2D eigenvalue weighted by Crippen LogP contribution is 2.32. The number of carbonyl (C=O) groups is 4. The van der Waals surface area contributed by atoms with E-state index in [0.29, 0.717) is 28.3 Å². The smallest absolute Gasteiger partial charge is 0.338 e. The molecule has 1 aromatic heterocycles. The number of benzene rings is 2. The molecule has 2 amide bonds. The van der Waals surface area contributed by atoms with Crippen LogP contribution in [0.25, 0.3) is 17.4 Å². The molecular formula is C26H21NO7. The number of carboxylic acids is 1. The van der Waals surface area contributed by atoms with Crippen LogP contribution in [0, 0.1) is 13.8 Å². The van der Waals surface area contributed by atoms with Crippen molar-refractivity contribution in [2.24, 2.45) is 0 Å². The van der Waals surface area contributed by atoms with Gasteiger partial charge in [0.15, 0.2) is 0 Å². The number of aromatic carboxylic acids is 1. The molecule has 1 fully saturated rings. The van der Waals surface area contributed by atoms with Crippen LogP contribution in [-0.2, 0) is 14.3 Å². The van der Waals surface area contributed by atoms with Gasteiger partial charge in [0.25, 0.3) is 5.91 Å². The van der Waals surface area contributed by atoms with Crippen LogP contribution in [0.15, 0.2) is 58.5 Å². The lowest BCUT2D eigenvalue weighted by molar-refractivity contribution is -0.120. The topological polar surface area (TPSA) is 114 Å². The van der Waals surface area contributed by atoms with E-state index in [1.807, 2.05) is 19.9 Å². The molecule has 0 radical (unpaired) electrons. The highest BCUT2D eigenvalue weighted by atomic mass is 16.5. The molecule has 3 aromatic rings. The summed E-state index contributed by atoms with van der Waals surface area (Å²) in [7, 11) is 1.31. The molecule has 1 aliphatic heterocycles. The predicted molar refractivity (Wildman–Crippen MR) is 123 cm³/mol. The fourth-order valence-electron chi connectivity index (χ4n) is 3.75. The first-order valence-corrected chi connectivity index (χ1v) is 10.4. The number of carbonyl (C=O) groups excluding carboxylic acids is 3. The Morgan fingerprint density at radius 3 is 2.35 bits per heavy atom. The van der Waals surface area contributed by atoms with Crippen molar-refractivity contribution in [1.82, 2.24) is 0 Å². The number of aryl methyl sites for hydroxylation is 2. The summed E-state index contributed by atoms with van der Waals surface area (Å²) in [5.74, 6) is -1.74. The van der Waals surface area contributed by atoms with Crippen molar-refractivity contribution in [3.05, 3.63) is 82.1 Å². The van der Waals surface area contributed by atoms with Crippen molar-refractivity contribution in [3.63, 3.8) is 0 Å². The Labute approximate surface area is 195 Å². The Morgan fingerprint density at radius 2 is 1.71 bits per heavy atom. The molecule has 8 heteroatoms. The van der Waals surface area contributed by atoms with Crippen molar-refractivity contribution >= 4 is 35.5 Å². The van der Waals surface area contributed by atoms with Crippen LogP contribution in [-0.4, -0.2) is 36.0 Å². The molecule has 172 valence electrons. The molecule has 0 saturated carbocycles. The van der Waals surface area contributed by atoms with Gasteiger partial charge in [0.05, 0.1) is 30.3 Å². The number of imide groups is 1. The van der Waals surface area contributed by atoms with Crippen LogP contribution in [0.2, 0.25) is 0 Å². The fraction of sp³-hybridized carbons (Fsp3) is 0.154. The first-order chi connectivity index (χ1) is 16.2. The number of carboxylic acid groups (broad SMARTS) is 1. The molecule has 4 rings (SSSR count). The van der Waals surface area contributed by atoms with Crippen molar-refractivity contribution in [2.75, 3.05) is 12.0 Å². The van der Waals surface area contributed by atoms with E-state index in [9.17, 15) is 19.2 Å². The number of hydrogen-bond acceptors (Lipinski definition) is 6. The molecule has 0 atom stereocenters. The van der Waals surface area contributed by atoms with E-state index in [1.165, 1.54) is 37.5 Å². The number of nitrogens with zero attached hydrogens (tertiary/aromatic N) is 1. The second kappa shape index (κ2) is 8.82. The van der Waals surface area contributed by atoms with Crippen LogP contribution in [0.5, 0.6) is 0 Å². The number of anilines is 1. The summed E-state index contributed by atoms with van der Waals surface area (Å²) in [5, 5.41) is 9.03. The summed E-state index contributed by atoms with van der Waals surface area (Å²) in [6, 6.07) is 12.4. The Balaban J connectivity index is 1.64. The average Bonchev–Trinajstić information content (AvgIpc) is 3.39. The van der Waals surface area contributed by atoms with Crippen molar-refractivity contribution in [1.29, 1.82) is 0 Å². The Kier molecular flexibility index (Phi) is 5.89. The third-order valence-corrected chi connectivity index (χ3v) is 5.69. The van der Waals surface area contributed by atoms with Crippen molar-refractivity contribution in [2.45, 2.75) is 20.3 Å². The van der Waals surface area contributed by atoms with Gasteiger partial charge in [-0.3, -0.25) is 9.59 Å². The summed E-state index contributed by atoms with van der Waals surface area (Å²) in [6.45, 7) is 3.82. The maximum atomic E-state index is 12.9. The van der Waals surface area contributed by atoms with Gasteiger partial charge in [0.2, 0.25) is 5.91 Å². The second-order valence-electron chi connectivity index (χ2n) is 7.91. The molecule has 2 aromatic carbocycles. The van der Waals surface area contributed by atoms with Gasteiger partial charge in [-0.15, -0.1) is 0 Å². The van der Waals surface area contributed by atoms with Crippen LogP contribution >= 0.6 is 0 Å². The predicted octanol–water partition coefficient (Wildman–Crippen LogP) is 4.40. The van der Waals surface area contributed by atoms with Gasteiger partial charge in [-0.05, 0) is 79.6 Å². The van der Waals surface area contributed by atoms with E-state index in [2.05, 4.69) is 0 Å². The van der Waals surface area contributed by atoms with E-state index in [4.69, 9.17) is 14.3 Å². The molecule has 0 bridgehead atoms. The van der Waals surface area contributed by atoms with Gasteiger partial charge in [0, 0.05) is 11.1 Å². The zero-order valence-electron chi connectivity index (χ0n) is 18.7. The molecule has 34 heavy (non-hydrogen) atoms. The van der Waals surface area contributed by atoms with Crippen LogP contribution in [0.4, 0.5) is 5.69 Å². The number of ether oxygens (including phenoxy) is 1. The summed E-state index contributed by atoms with van der Waals surface area (Å²) in [6.07, 6.45) is 1.38. The van der Waals surface area contributed by atoms with E-state index >= 15 is 0 Å². The van der Waals surface area contributed by atoms with Crippen LogP contribution < -0.4 is 4.90 Å². The highest BCUT2D eigenvalue weighted by molar-refractivity contribution is 6.29. The van der Waals surface area contributed by atoms with Gasteiger partial charge in [-0.25, -0.2) is 14.5 Å². The normalized spacial score (nSPS) is 14.7. The van der Waals surface area contributed by atoms with Gasteiger partial charge in [-0.2, -0.15) is 0 Å². The second-order valence-corrected chi connectivity index (χ2v) is 7.91. The summed E-state index contributed by atoms with van der Waals surface area (Å²) < 4.78 is 10.8. The number of amides is 2. The van der Waals surface area contributed by atoms with Crippen LogP contribution in [0.3, 0.4) is 0 Å². The molecule has 0 spiro atoms. The highest BCUT2D eigenvalue weighted by Gasteiger charge is 2.35. The van der Waals surface area contributed by atoms with Gasteiger partial charge in [0.1, 0.15) is 11.5 Å². The number of rotatable bonds is 5. The van der Waals surface area contributed by atoms with Gasteiger partial charge in [-0.1, -0.05) is 0 Å². The maximum absolute atomic E-state index is 12.9. The Bertz CT molecular complexity index is 1360. The standard InChI is InChI=1S/C26H21NO7/c1-14-10-20(21(11-15(14)2)26(32)33-3)22-9-8-19(34-22)12-17-13-23(28)27(24(17)29)18-6-4-16(5-7-18)25(30)31/h4-12H,13H2,1-3H3,(H,30,31)/b17-12+. The third-order valence-electron chi connectivity index (χ3n) is 5.69. The quantitative estimate of drug-likeness (QED) is 0.342. The zero-order chi connectivity index (χ0) is 24.6. The number of furan rings is 1. The van der Waals surface area contributed by atoms with Crippen LogP contribution in [0.1, 0.15) is 44.0 Å². The monoisotopic (exact) mass is 459 g/mol. The fourth-order valence-corrected chi connectivity index (χ4v) is 3.75. The average molecular weight is 459 g/mol. The first-order valence-electron chi connectivity index (χ1n) is 10.4. The minimum atomic E-state index is -1.10. The minimum Gasteiger partial charge on any atom is -0.478 e. The summed E-state index contributed by atoms with van der Waals surface area (Å²) in [5.41, 5.74) is 3.42. The zero-order valence-corrected chi connectivity index (χ0v) is 18.7. The lowest BCUT2D eigenvalue weighted by atomic mass is 9.98. The lowest BCUT2D eigenvalue weighted by Crippen LogP contribution is -2.28. The lowest BCUT2D eigenvalue weighted by Gasteiger charge is -2.13. The largest absolute Gasteiger partial charge is 0.478 e. The first kappa shape index (κ1) is 22.7. The molecule has 0 aliphatic carbocycles. The molecular weight excluding hydrogens is 438 g/mol.